The lowest BCUT2D eigenvalue weighted by atomic mass is 9.93. The molecule has 1 aliphatic heterocycles. The number of halogens is 1. The summed E-state index contributed by atoms with van der Waals surface area (Å²) in [4.78, 5) is 26.3. The largest absolute Gasteiger partial charge is 0.489 e. The maximum Gasteiger partial charge on any atom is 0.254 e. The Morgan fingerprint density at radius 1 is 1.42 bits per heavy atom. The zero-order valence-electron chi connectivity index (χ0n) is 15.1. The van der Waals surface area contributed by atoms with Gasteiger partial charge in [-0.1, -0.05) is 6.92 Å². The van der Waals surface area contributed by atoms with Crippen molar-refractivity contribution in [2.75, 3.05) is 19.7 Å². The van der Waals surface area contributed by atoms with Crippen molar-refractivity contribution in [3.8, 4) is 5.75 Å². The Balaban J connectivity index is 1.60. The van der Waals surface area contributed by atoms with Gasteiger partial charge in [-0.3, -0.25) is 9.59 Å². The Bertz CT molecular complexity index is 713. The monoisotopic (exact) mass is 360 g/mol. The first kappa shape index (κ1) is 18.4. The van der Waals surface area contributed by atoms with Gasteiger partial charge in [0.1, 0.15) is 12.4 Å². The molecule has 1 aromatic rings. The number of rotatable bonds is 7. The minimum Gasteiger partial charge on any atom is -0.489 e. The predicted octanol–water partition coefficient (Wildman–Crippen LogP) is 3.00. The zero-order chi connectivity index (χ0) is 18.5. The molecule has 26 heavy (non-hydrogen) atoms. The molecule has 0 saturated heterocycles. The Hall–Kier alpha value is -2.37. The zero-order valence-corrected chi connectivity index (χ0v) is 15.1. The summed E-state index contributed by atoms with van der Waals surface area (Å²) in [5, 5.41) is 2.97. The van der Waals surface area contributed by atoms with Gasteiger partial charge >= 0.3 is 0 Å². The number of carbonyl (C=O) groups excluding carboxylic acids is 2. The van der Waals surface area contributed by atoms with E-state index in [0.717, 1.165) is 24.8 Å². The highest BCUT2D eigenvalue weighted by atomic mass is 19.1. The fraction of sp³-hybridized carbons (Fsp3) is 0.500. The molecule has 2 aliphatic rings. The highest BCUT2D eigenvalue weighted by Gasteiger charge is 2.27. The van der Waals surface area contributed by atoms with Crippen molar-refractivity contribution in [3.05, 3.63) is 41.2 Å². The molecule has 1 aromatic carbocycles. The van der Waals surface area contributed by atoms with Crippen molar-refractivity contribution in [3.63, 3.8) is 0 Å². The van der Waals surface area contributed by atoms with Gasteiger partial charge in [-0.25, -0.2) is 4.39 Å². The smallest absolute Gasteiger partial charge is 0.254 e. The molecule has 0 aromatic heterocycles. The van der Waals surface area contributed by atoms with Gasteiger partial charge < -0.3 is 15.0 Å². The molecule has 0 bridgehead atoms. The van der Waals surface area contributed by atoms with E-state index < -0.39 is 0 Å². The number of hydrogen-bond donors (Lipinski definition) is 1. The van der Waals surface area contributed by atoms with E-state index in [4.69, 9.17) is 4.74 Å². The van der Waals surface area contributed by atoms with E-state index >= 15 is 0 Å². The van der Waals surface area contributed by atoms with Crippen LogP contribution < -0.4 is 10.1 Å². The Morgan fingerprint density at radius 3 is 2.88 bits per heavy atom. The maximum absolute atomic E-state index is 12.6. The Kier molecular flexibility index (Phi) is 5.91. The minimum atomic E-state index is -0.125. The van der Waals surface area contributed by atoms with Crippen LogP contribution in [0, 0.1) is 0 Å². The van der Waals surface area contributed by atoms with E-state index in [0.29, 0.717) is 42.6 Å². The van der Waals surface area contributed by atoms with E-state index in [9.17, 15) is 14.0 Å². The number of nitrogens with one attached hydrogen (secondary N) is 1. The van der Waals surface area contributed by atoms with Gasteiger partial charge in [0.25, 0.3) is 5.91 Å². The van der Waals surface area contributed by atoms with Crippen LogP contribution in [0.3, 0.4) is 0 Å². The number of carbonyl (C=O) groups is 2. The van der Waals surface area contributed by atoms with E-state index in [1.54, 1.807) is 17.0 Å². The molecule has 6 heteroatoms. The lowest BCUT2D eigenvalue weighted by molar-refractivity contribution is -0.123. The van der Waals surface area contributed by atoms with Crippen molar-refractivity contribution in [2.45, 2.75) is 45.1 Å². The third-order valence-corrected chi connectivity index (χ3v) is 5.08. The summed E-state index contributed by atoms with van der Waals surface area (Å²) in [5.74, 6) is 0.413. The van der Waals surface area contributed by atoms with Crippen molar-refractivity contribution in [1.29, 1.82) is 0 Å². The lowest BCUT2D eigenvalue weighted by Crippen LogP contribution is -2.48. The normalized spacial score (nSPS) is 17.5. The van der Waals surface area contributed by atoms with Crippen molar-refractivity contribution in [1.82, 2.24) is 10.2 Å². The first-order valence-electron chi connectivity index (χ1n) is 9.23. The fourth-order valence-corrected chi connectivity index (χ4v) is 3.14. The number of ether oxygens (including phenoxy) is 1. The van der Waals surface area contributed by atoms with Crippen LogP contribution in [0.5, 0.6) is 5.75 Å². The summed E-state index contributed by atoms with van der Waals surface area (Å²) < 4.78 is 18.2. The predicted molar refractivity (Wildman–Crippen MR) is 96.8 cm³/mol. The summed E-state index contributed by atoms with van der Waals surface area (Å²) in [6.07, 6.45) is 5.07. The fourth-order valence-electron chi connectivity index (χ4n) is 3.14. The van der Waals surface area contributed by atoms with Crippen molar-refractivity contribution in [2.24, 2.45) is 0 Å². The summed E-state index contributed by atoms with van der Waals surface area (Å²) in [7, 11) is 0. The molecule has 0 atom stereocenters. The van der Waals surface area contributed by atoms with Crippen LogP contribution in [0.4, 0.5) is 4.39 Å². The lowest BCUT2D eigenvalue weighted by Gasteiger charge is -2.31. The maximum atomic E-state index is 12.6. The van der Waals surface area contributed by atoms with Crippen LogP contribution in [-0.4, -0.2) is 42.5 Å². The summed E-state index contributed by atoms with van der Waals surface area (Å²) in [6, 6.07) is 5.57. The molecule has 1 N–H and O–H groups in total. The SMILES string of the molecule is CCC(=CF)COc1ccc2c(c1)CCN(CC(=O)NC1CCC1)C2=O. The summed E-state index contributed by atoms with van der Waals surface area (Å²) in [5.41, 5.74) is 2.10. The average molecular weight is 360 g/mol. The second kappa shape index (κ2) is 8.34. The van der Waals surface area contributed by atoms with Crippen LogP contribution in [-0.2, 0) is 11.2 Å². The second-order valence-corrected chi connectivity index (χ2v) is 6.90. The molecule has 1 heterocycles. The quantitative estimate of drug-likeness (QED) is 0.813. The highest BCUT2D eigenvalue weighted by Crippen LogP contribution is 2.24. The first-order valence-corrected chi connectivity index (χ1v) is 9.23. The van der Waals surface area contributed by atoms with Gasteiger partial charge in [0.2, 0.25) is 5.91 Å². The number of fused-ring (bicyclic) bond motifs is 1. The molecule has 5 nitrogen and oxygen atoms in total. The van der Waals surface area contributed by atoms with Crippen LogP contribution in [0.15, 0.2) is 30.1 Å². The Morgan fingerprint density at radius 2 is 2.23 bits per heavy atom. The van der Waals surface area contributed by atoms with Crippen LogP contribution in [0.25, 0.3) is 0 Å². The highest BCUT2D eigenvalue weighted by molar-refractivity contribution is 5.98. The van der Waals surface area contributed by atoms with Gasteiger partial charge in [0.15, 0.2) is 0 Å². The molecular weight excluding hydrogens is 335 g/mol. The number of nitrogens with zero attached hydrogens (tertiary/aromatic N) is 1. The van der Waals surface area contributed by atoms with Gasteiger partial charge in [-0.15, -0.1) is 0 Å². The first-order chi connectivity index (χ1) is 12.6. The topological polar surface area (TPSA) is 58.6 Å². The molecule has 0 radical (unpaired) electrons. The molecule has 3 rings (SSSR count). The summed E-state index contributed by atoms with van der Waals surface area (Å²) >= 11 is 0. The molecule has 1 saturated carbocycles. The number of amides is 2. The van der Waals surface area contributed by atoms with Gasteiger partial charge in [-0.2, -0.15) is 0 Å². The third-order valence-electron chi connectivity index (χ3n) is 5.08. The van der Waals surface area contributed by atoms with Crippen molar-refractivity contribution >= 4 is 11.8 Å². The van der Waals surface area contributed by atoms with E-state index in [1.165, 1.54) is 0 Å². The second-order valence-electron chi connectivity index (χ2n) is 6.90. The average Bonchev–Trinajstić information content (AvgIpc) is 2.61. The van der Waals surface area contributed by atoms with E-state index in [1.807, 2.05) is 13.0 Å². The molecule has 140 valence electrons. The van der Waals surface area contributed by atoms with Crippen LogP contribution in [0.2, 0.25) is 0 Å². The third kappa shape index (κ3) is 4.23. The molecule has 0 spiro atoms. The number of benzene rings is 1. The van der Waals surface area contributed by atoms with Gasteiger partial charge in [-0.05, 0) is 61.4 Å². The molecule has 2 amide bonds. The minimum absolute atomic E-state index is 0.0865. The molecular formula is C20H25FN2O3. The molecule has 1 fully saturated rings. The number of hydrogen-bond acceptors (Lipinski definition) is 3. The standard InChI is InChI=1S/C20H25FN2O3/c1-2-14(11-21)13-26-17-6-7-18-15(10-17)8-9-23(20(18)25)12-19(24)22-16-4-3-5-16/h6-7,10-11,16H,2-5,8-9,12-13H2,1H3,(H,22,24). The van der Waals surface area contributed by atoms with E-state index in [-0.39, 0.29) is 31.0 Å². The Labute approximate surface area is 153 Å². The summed E-state index contributed by atoms with van der Waals surface area (Å²) in [6.45, 7) is 2.69. The van der Waals surface area contributed by atoms with Gasteiger partial charge in [0, 0.05) is 18.2 Å². The van der Waals surface area contributed by atoms with E-state index in [2.05, 4.69) is 5.32 Å². The van der Waals surface area contributed by atoms with Crippen molar-refractivity contribution < 1.29 is 18.7 Å². The molecule has 0 unspecified atom stereocenters. The van der Waals surface area contributed by atoms with Crippen LogP contribution in [0.1, 0.15) is 48.5 Å². The van der Waals surface area contributed by atoms with Crippen LogP contribution >= 0.6 is 0 Å². The van der Waals surface area contributed by atoms with Gasteiger partial charge in [0.05, 0.1) is 12.9 Å². The molecule has 1 aliphatic carbocycles.